The second-order valence-electron chi connectivity index (χ2n) is 3.03. The highest BCUT2D eigenvalue weighted by Crippen LogP contribution is 2.27. The summed E-state index contributed by atoms with van der Waals surface area (Å²) in [6, 6.07) is 6.75. The minimum Gasteiger partial charge on any atom is -0.258 e. The first-order chi connectivity index (χ1) is 7.24. The molecule has 2 aromatic rings. The van der Waals surface area contributed by atoms with Crippen molar-refractivity contribution in [2.24, 2.45) is 0 Å². The fraction of sp³-hybridized carbons (Fsp3) is 0.100. The molecule has 1 heterocycles. The van der Waals surface area contributed by atoms with Crippen molar-refractivity contribution in [1.82, 2.24) is 4.98 Å². The van der Waals surface area contributed by atoms with Gasteiger partial charge in [0.1, 0.15) is 0 Å². The average molecular weight is 314 g/mol. The third-order valence-corrected chi connectivity index (χ3v) is 2.99. The second kappa shape index (κ2) is 4.09. The molecule has 76 valence electrons. The lowest BCUT2D eigenvalue weighted by molar-refractivity contribution is -0.383. The van der Waals surface area contributed by atoms with Crippen LogP contribution in [0, 0.1) is 10.1 Å². The largest absolute Gasteiger partial charge is 0.278 e. The van der Waals surface area contributed by atoms with E-state index < -0.39 is 0 Å². The highest BCUT2D eigenvalue weighted by Gasteiger charge is 2.13. The van der Waals surface area contributed by atoms with Crippen LogP contribution in [0.2, 0.25) is 0 Å². The zero-order chi connectivity index (χ0) is 10.8. The Morgan fingerprint density at radius 3 is 2.87 bits per heavy atom. The molecule has 0 amide bonds. The summed E-state index contributed by atoms with van der Waals surface area (Å²) in [6.45, 7) is 0. The second-order valence-corrected chi connectivity index (χ2v) is 3.80. The average Bonchev–Trinajstić information content (AvgIpc) is 2.27. The monoisotopic (exact) mass is 314 g/mol. The number of rotatable bonds is 2. The normalized spacial score (nSPS) is 10.5. The molecular weight excluding hydrogens is 307 g/mol. The number of nitrogens with zero attached hydrogens (tertiary/aromatic N) is 2. The number of benzene rings is 1. The molecule has 0 saturated heterocycles. The van der Waals surface area contributed by atoms with Crippen molar-refractivity contribution >= 4 is 39.2 Å². The molecule has 15 heavy (non-hydrogen) atoms. The first-order valence-corrected chi connectivity index (χ1v) is 5.83. The molecule has 0 N–H and O–H groups in total. The zero-order valence-corrected chi connectivity index (χ0v) is 9.84. The minimum absolute atomic E-state index is 0.117. The van der Waals surface area contributed by atoms with Crippen LogP contribution < -0.4 is 0 Å². The van der Waals surface area contributed by atoms with Gasteiger partial charge in [-0.1, -0.05) is 22.6 Å². The maximum Gasteiger partial charge on any atom is 0.278 e. The number of fused-ring (bicyclic) bond motifs is 1. The smallest absolute Gasteiger partial charge is 0.258 e. The van der Waals surface area contributed by atoms with Gasteiger partial charge in [-0.2, -0.15) is 0 Å². The van der Waals surface area contributed by atoms with E-state index in [1.54, 1.807) is 24.4 Å². The molecule has 1 aromatic carbocycles. The number of halogens is 1. The van der Waals surface area contributed by atoms with E-state index in [0.717, 1.165) is 15.5 Å². The summed E-state index contributed by atoms with van der Waals surface area (Å²) in [4.78, 5) is 14.6. The summed E-state index contributed by atoms with van der Waals surface area (Å²) >= 11 is 2.22. The van der Waals surface area contributed by atoms with E-state index in [2.05, 4.69) is 27.6 Å². The maximum atomic E-state index is 10.8. The molecule has 5 heteroatoms. The molecule has 0 radical (unpaired) electrons. The molecule has 1 aromatic heterocycles. The SMILES string of the molecule is O=[N+]([O-])c1ccc(CI)c2ncccc12. The fourth-order valence-electron chi connectivity index (χ4n) is 1.48. The lowest BCUT2D eigenvalue weighted by Crippen LogP contribution is -1.93. The number of aromatic nitrogens is 1. The van der Waals surface area contributed by atoms with Crippen molar-refractivity contribution in [3.8, 4) is 0 Å². The molecule has 0 fully saturated rings. The van der Waals surface area contributed by atoms with Gasteiger partial charge in [0, 0.05) is 16.7 Å². The molecule has 2 rings (SSSR count). The minimum atomic E-state index is -0.374. The predicted octanol–water partition coefficient (Wildman–Crippen LogP) is 3.08. The Morgan fingerprint density at radius 1 is 1.40 bits per heavy atom. The van der Waals surface area contributed by atoms with Crippen LogP contribution in [0.3, 0.4) is 0 Å². The van der Waals surface area contributed by atoms with Gasteiger partial charge in [0.05, 0.1) is 15.8 Å². The Kier molecular flexibility index (Phi) is 2.81. The van der Waals surface area contributed by atoms with Gasteiger partial charge >= 0.3 is 0 Å². The molecular formula is C10H7IN2O2. The van der Waals surface area contributed by atoms with Crippen LogP contribution in [0.1, 0.15) is 5.56 Å². The lowest BCUT2D eigenvalue weighted by Gasteiger charge is -2.02. The molecule has 0 saturated carbocycles. The molecule has 0 aliphatic heterocycles. The van der Waals surface area contributed by atoms with Crippen molar-refractivity contribution in [2.75, 3.05) is 0 Å². The predicted molar refractivity (Wildman–Crippen MR) is 66.1 cm³/mol. The van der Waals surface area contributed by atoms with Gasteiger partial charge in [0.15, 0.2) is 0 Å². The Hall–Kier alpha value is -1.24. The third-order valence-electron chi connectivity index (χ3n) is 2.17. The van der Waals surface area contributed by atoms with Crippen LogP contribution in [0.5, 0.6) is 0 Å². The Bertz CT molecular complexity index is 528. The molecule has 0 bridgehead atoms. The molecule has 0 atom stereocenters. The van der Waals surface area contributed by atoms with Crippen molar-refractivity contribution in [3.63, 3.8) is 0 Å². The third kappa shape index (κ3) is 1.79. The summed E-state index contributed by atoms with van der Waals surface area (Å²) < 4.78 is 0.795. The summed E-state index contributed by atoms with van der Waals surface area (Å²) in [5, 5.41) is 11.4. The summed E-state index contributed by atoms with van der Waals surface area (Å²) in [5.41, 5.74) is 1.87. The van der Waals surface area contributed by atoms with E-state index >= 15 is 0 Å². The van der Waals surface area contributed by atoms with Gasteiger partial charge in [0.2, 0.25) is 0 Å². The number of nitro benzene ring substituents is 1. The van der Waals surface area contributed by atoms with Crippen LogP contribution in [0.25, 0.3) is 10.9 Å². The van der Waals surface area contributed by atoms with E-state index in [0.29, 0.717) is 5.39 Å². The standard InChI is InChI=1S/C10H7IN2O2/c11-6-7-3-4-9(13(14)15)8-2-1-5-12-10(7)8/h1-5H,6H2. The first-order valence-electron chi connectivity index (χ1n) is 4.31. The van der Waals surface area contributed by atoms with Gasteiger partial charge < -0.3 is 0 Å². The van der Waals surface area contributed by atoms with Crippen molar-refractivity contribution in [3.05, 3.63) is 46.1 Å². The Balaban J connectivity index is 2.83. The molecule has 4 nitrogen and oxygen atoms in total. The van der Waals surface area contributed by atoms with Crippen molar-refractivity contribution in [2.45, 2.75) is 4.43 Å². The van der Waals surface area contributed by atoms with Gasteiger partial charge in [-0.25, -0.2) is 0 Å². The highest BCUT2D eigenvalue weighted by atomic mass is 127. The number of hydrogen-bond donors (Lipinski definition) is 0. The lowest BCUT2D eigenvalue weighted by atomic mass is 10.1. The van der Waals surface area contributed by atoms with Crippen LogP contribution in [-0.2, 0) is 4.43 Å². The number of non-ortho nitro benzene ring substituents is 1. The van der Waals surface area contributed by atoms with Crippen LogP contribution in [-0.4, -0.2) is 9.91 Å². The first kappa shape index (κ1) is 10.3. The van der Waals surface area contributed by atoms with Gasteiger partial charge in [0.25, 0.3) is 5.69 Å². The van der Waals surface area contributed by atoms with Crippen LogP contribution in [0.4, 0.5) is 5.69 Å². The number of alkyl halides is 1. The summed E-state index contributed by atoms with van der Waals surface area (Å²) in [5.74, 6) is 0. The summed E-state index contributed by atoms with van der Waals surface area (Å²) in [7, 11) is 0. The van der Waals surface area contributed by atoms with Gasteiger partial charge in [-0.3, -0.25) is 15.1 Å². The maximum absolute atomic E-state index is 10.8. The van der Waals surface area contributed by atoms with E-state index in [4.69, 9.17) is 0 Å². The van der Waals surface area contributed by atoms with Crippen LogP contribution in [0.15, 0.2) is 30.5 Å². The van der Waals surface area contributed by atoms with Gasteiger partial charge in [-0.05, 0) is 23.8 Å². The van der Waals surface area contributed by atoms with E-state index in [9.17, 15) is 10.1 Å². The Labute approximate surface area is 99.6 Å². The highest BCUT2D eigenvalue weighted by molar-refractivity contribution is 14.1. The number of pyridine rings is 1. The fourth-order valence-corrected chi connectivity index (χ4v) is 2.10. The Morgan fingerprint density at radius 2 is 2.20 bits per heavy atom. The molecule has 0 unspecified atom stereocenters. The quantitative estimate of drug-likeness (QED) is 0.370. The molecule has 0 aliphatic rings. The zero-order valence-electron chi connectivity index (χ0n) is 7.68. The van der Waals surface area contributed by atoms with E-state index in [1.807, 2.05) is 0 Å². The molecule has 0 aliphatic carbocycles. The summed E-state index contributed by atoms with van der Waals surface area (Å²) in [6.07, 6.45) is 1.65. The van der Waals surface area contributed by atoms with Crippen molar-refractivity contribution in [1.29, 1.82) is 0 Å². The number of nitro groups is 1. The van der Waals surface area contributed by atoms with Gasteiger partial charge in [-0.15, -0.1) is 0 Å². The van der Waals surface area contributed by atoms with Crippen molar-refractivity contribution < 1.29 is 4.92 Å². The van der Waals surface area contributed by atoms with E-state index in [1.165, 1.54) is 6.07 Å². The number of hydrogen-bond acceptors (Lipinski definition) is 3. The van der Waals surface area contributed by atoms with Crippen LogP contribution >= 0.6 is 22.6 Å². The van der Waals surface area contributed by atoms with E-state index in [-0.39, 0.29) is 10.6 Å². The topological polar surface area (TPSA) is 56.0 Å². The molecule has 0 spiro atoms.